The van der Waals surface area contributed by atoms with Crippen molar-refractivity contribution in [2.75, 3.05) is 5.75 Å². The summed E-state index contributed by atoms with van der Waals surface area (Å²) >= 11 is 1.32. The van der Waals surface area contributed by atoms with Gasteiger partial charge in [-0.05, 0) is 12.1 Å². The fourth-order valence-corrected chi connectivity index (χ4v) is 1.58. The Labute approximate surface area is 80.3 Å². The zero-order valence-electron chi connectivity index (χ0n) is 6.89. The van der Waals surface area contributed by atoms with Gasteiger partial charge in [0.1, 0.15) is 11.6 Å². The van der Waals surface area contributed by atoms with Crippen LogP contribution >= 0.6 is 11.8 Å². The Morgan fingerprint density at radius 1 is 1.31 bits per heavy atom. The molecule has 0 saturated carbocycles. The van der Waals surface area contributed by atoms with Gasteiger partial charge < -0.3 is 0 Å². The predicted molar refractivity (Wildman–Crippen MR) is 51.4 cm³/mol. The first-order valence-corrected chi connectivity index (χ1v) is 4.85. The van der Waals surface area contributed by atoms with Crippen molar-refractivity contribution >= 4 is 11.8 Å². The van der Waals surface area contributed by atoms with Gasteiger partial charge in [-0.3, -0.25) is 0 Å². The molecule has 0 bridgehead atoms. The molecular weight excluding hydrogens is 190 g/mol. The summed E-state index contributed by atoms with van der Waals surface area (Å²) in [5, 5.41) is 0. The molecule has 0 aliphatic carbocycles. The van der Waals surface area contributed by atoms with Crippen molar-refractivity contribution in [1.82, 2.24) is 0 Å². The molecule has 0 heterocycles. The van der Waals surface area contributed by atoms with Gasteiger partial charge in [0.2, 0.25) is 0 Å². The second-order valence-electron chi connectivity index (χ2n) is 2.40. The van der Waals surface area contributed by atoms with E-state index >= 15 is 0 Å². The molecule has 0 fully saturated rings. The fourth-order valence-electron chi connectivity index (χ4n) is 0.882. The van der Waals surface area contributed by atoms with Crippen LogP contribution in [0, 0.1) is 24.0 Å². The van der Waals surface area contributed by atoms with Crippen molar-refractivity contribution in [3.63, 3.8) is 0 Å². The van der Waals surface area contributed by atoms with Gasteiger partial charge in [-0.1, -0.05) is 12.0 Å². The first-order chi connectivity index (χ1) is 6.25. The summed E-state index contributed by atoms with van der Waals surface area (Å²) in [4.78, 5) is 0. The Kier molecular flexibility index (Phi) is 3.78. The fraction of sp³-hybridized carbons (Fsp3) is 0.200. The molecule has 1 aromatic carbocycles. The molecule has 0 aromatic heterocycles. The number of rotatable bonds is 3. The van der Waals surface area contributed by atoms with Gasteiger partial charge in [-0.25, -0.2) is 8.78 Å². The molecule has 13 heavy (non-hydrogen) atoms. The van der Waals surface area contributed by atoms with Crippen LogP contribution in [0.5, 0.6) is 0 Å². The number of terminal acetylenes is 1. The number of thioether (sulfide) groups is 1. The smallest absolute Gasteiger partial charge is 0.130 e. The highest BCUT2D eigenvalue weighted by atomic mass is 32.2. The third-order valence-corrected chi connectivity index (χ3v) is 2.36. The van der Waals surface area contributed by atoms with Gasteiger partial charge in [-0.15, -0.1) is 18.2 Å². The van der Waals surface area contributed by atoms with Crippen molar-refractivity contribution in [3.8, 4) is 12.3 Å². The Bertz CT molecular complexity index is 308. The van der Waals surface area contributed by atoms with Crippen LogP contribution in [-0.4, -0.2) is 5.75 Å². The summed E-state index contributed by atoms with van der Waals surface area (Å²) in [6.45, 7) is 0. The van der Waals surface area contributed by atoms with Crippen LogP contribution in [0.3, 0.4) is 0 Å². The van der Waals surface area contributed by atoms with Crippen molar-refractivity contribution in [2.24, 2.45) is 0 Å². The van der Waals surface area contributed by atoms with E-state index in [1.54, 1.807) is 0 Å². The SMILES string of the molecule is C#CCSCc1c(F)cccc1F. The van der Waals surface area contributed by atoms with Crippen LogP contribution in [-0.2, 0) is 5.75 Å². The van der Waals surface area contributed by atoms with E-state index in [1.165, 1.54) is 30.0 Å². The van der Waals surface area contributed by atoms with E-state index in [2.05, 4.69) is 5.92 Å². The topological polar surface area (TPSA) is 0 Å². The maximum atomic E-state index is 13.0. The molecule has 0 aliphatic rings. The second kappa shape index (κ2) is 4.88. The summed E-state index contributed by atoms with van der Waals surface area (Å²) in [5.41, 5.74) is 0.0998. The molecular formula is C10H8F2S. The van der Waals surface area contributed by atoms with Gasteiger partial charge in [0.05, 0.1) is 5.75 Å². The summed E-state index contributed by atoms with van der Waals surface area (Å²) in [5.74, 6) is 2.12. The maximum absolute atomic E-state index is 13.0. The van der Waals surface area contributed by atoms with E-state index in [0.717, 1.165) is 0 Å². The largest absolute Gasteiger partial charge is 0.207 e. The number of hydrogen-bond acceptors (Lipinski definition) is 1. The Morgan fingerprint density at radius 2 is 1.92 bits per heavy atom. The second-order valence-corrected chi connectivity index (χ2v) is 3.38. The number of halogens is 2. The number of hydrogen-bond donors (Lipinski definition) is 0. The Morgan fingerprint density at radius 3 is 2.46 bits per heavy atom. The average Bonchev–Trinajstić information content (AvgIpc) is 2.10. The normalized spacial score (nSPS) is 9.62. The molecule has 0 aliphatic heterocycles. The third kappa shape index (κ3) is 2.74. The van der Waals surface area contributed by atoms with Crippen LogP contribution in [0.25, 0.3) is 0 Å². The van der Waals surface area contributed by atoms with Crippen molar-refractivity contribution < 1.29 is 8.78 Å². The van der Waals surface area contributed by atoms with Crippen LogP contribution in [0.1, 0.15) is 5.56 Å². The maximum Gasteiger partial charge on any atom is 0.130 e. The first kappa shape index (κ1) is 10.1. The molecule has 3 heteroatoms. The molecule has 68 valence electrons. The lowest BCUT2D eigenvalue weighted by Crippen LogP contribution is -1.92. The van der Waals surface area contributed by atoms with Gasteiger partial charge in [-0.2, -0.15) is 0 Å². The molecule has 0 radical (unpaired) electrons. The lowest BCUT2D eigenvalue weighted by atomic mass is 10.2. The minimum atomic E-state index is -0.510. The monoisotopic (exact) mass is 198 g/mol. The van der Waals surface area contributed by atoms with E-state index in [9.17, 15) is 8.78 Å². The highest BCUT2D eigenvalue weighted by molar-refractivity contribution is 7.98. The third-order valence-electron chi connectivity index (χ3n) is 1.49. The predicted octanol–water partition coefficient (Wildman–Crippen LogP) is 2.83. The zero-order chi connectivity index (χ0) is 9.68. The molecule has 0 unspecified atom stereocenters. The Hall–Kier alpha value is -1.01. The summed E-state index contributed by atoms with van der Waals surface area (Å²) in [6.07, 6.45) is 5.01. The standard InChI is InChI=1S/C10H8F2S/c1-2-6-13-7-8-9(11)4-3-5-10(8)12/h1,3-5H,6-7H2. The quantitative estimate of drug-likeness (QED) is 0.531. The van der Waals surface area contributed by atoms with Crippen molar-refractivity contribution in [1.29, 1.82) is 0 Å². The van der Waals surface area contributed by atoms with Gasteiger partial charge in [0, 0.05) is 11.3 Å². The lowest BCUT2D eigenvalue weighted by molar-refractivity contribution is 0.566. The van der Waals surface area contributed by atoms with E-state index < -0.39 is 11.6 Å². The van der Waals surface area contributed by atoms with Crippen LogP contribution in [0.2, 0.25) is 0 Å². The van der Waals surface area contributed by atoms with Gasteiger partial charge in [0.25, 0.3) is 0 Å². The minimum Gasteiger partial charge on any atom is -0.207 e. The zero-order valence-corrected chi connectivity index (χ0v) is 7.70. The van der Waals surface area contributed by atoms with Crippen molar-refractivity contribution in [3.05, 3.63) is 35.4 Å². The molecule has 0 N–H and O–H groups in total. The van der Waals surface area contributed by atoms with E-state index in [4.69, 9.17) is 6.42 Å². The molecule has 0 spiro atoms. The molecule has 0 atom stereocenters. The van der Waals surface area contributed by atoms with E-state index in [1.807, 2.05) is 0 Å². The minimum absolute atomic E-state index is 0.0998. The molecule has 0 saturated heterocycles. The van der Waals surface area contributed by atoms with Gasteiger partial charge in [0.15, 0.2) is 0 Å². The molecule has 0 nitrogen and oxygen atoms in total. The Balaban J connectivity index is 2.71. The number of benzene rings is 1. The lowest BCUT2D eigenvalue weighted by Gasteiger charge is -2.02. The van der Waals surface area contributed by atoms with Crippen LogP contribution in [0.4, 0.5) is 8.78 Å². The summed E-state index contributed by atoms with van der Waals surface area (Å²) in [6, 6.07) is 3.84. The summed E-state index contributed by atoms with van der Waals surface area (Å²) < 4.78 is 25.9. The van der Waals surface area contributed by atoms with Crippen LogP contribution < -0.4 is 0 Å². The molecule has 1 aromatic rings. The first-order valence-electron chi connectivity index (χ1n) is 3.70. The van der Waals surface area contributed by atoms with Crippen molar-refractivity contribution in [2.45, 2.75) is 5.75 Å². The molecule has 1 rings (SSSR count). The average molecular weight is 198 g/mol. The highest BCUT2D eigenvalue weighted by Crippen LogP contribution is 2.18. The van der Waals surface area contributed by atoms with E-state index in [0.29, 0.717) is 5.75 Å². The van der Waals surface area contributed by atoms with Gasteiger partial charge >= 0.3 is 0 Å². The van der Waals surface area contributed by atoms with E-state index in [-0.39, 0.29) is 11.3 Å². The summed E-state index contributed by atoms with van der Waals surface area (Å²) in [7, 11) is 0. The highest BCUT2D eigenvalue weighted by Gasteiger charge is 2.06. The molecule has 0 amide bonds. The van der Waals surface area contributed by atoms with Crippen LogP contribution in [0.15, 0.2) is 18.2 Å².